The number of nitrogens with one attached hydrogen (secondary N) is 2. The van der Waals surface area contributed by atoms with E-state index in [2.05, 4.69) is 58.9 Å². The van der Waals surface area contributed by atoms with Crippen LogP contribution in [0, 0.1) is 13.8 Å². The Balaban J connectivity index is 1.63. The van der Waals surface area contributed by atoms with E-state index in [1.54, 1.807) is 7.11 Å². The van der Waals surface area contributed by atoms with Crippen molar-refractivity contribution in [3.05, 3.63) is 53.3 Å². The lowest BCUT2D eigenvalue weighted by Crippen LogP contribution is -2.42. The quantitative estimate of drug-likeness (QED) is 0.670. The first-order valence-electron chi connectivity index (χ1n) is 10.3. The van der Waals surface area contributed by atoms with E-state index in [0.29, 0.717) is 25.6 Å². The molecule has 1 atom stereocenters. The average Bonchev–Trinajstić information content (AvgIpc) is 2.70. The molecule has 1 aromatic carbocycles. The van der Waals surface area contributed by atoms with Crippen molar-refractivity contribution in [2.75, 3.05) is 45.2 Å². The number of amides is 1. The number of likely N-dealkylation sites (tertiary alicyclic amines) is 1. The topological polar surface area (TPSA) is 66.5 Å². The highest BCUT2D eigenvalue weighted by Crippen LogP contribution is 2.28. The van der Waals surface area contributed by atoms with Gasteiger partial charge in [-0.15, -0.1) is 0 Å². The molecule has 0 radical (unpaired) electrons. The Bertz CT molecular complexity index is 807. The normalized spacial score (nSPS) is 17.1. The molecule has 0 saturated carbocycles. The highest BCUT2D eigenvalue weighted by molar-refractivity contribution is 5.78. The van der Waals surface area contributed by atoms with Crippen LogP contribution in [0.25, 0.3) is 0 Å². The lowest BCUT2D eigenvalue weighted by atomic mass is 9.93. The summed E-state index contributed by atoms with van der Waals surface area (Å²) in [4.78, 5) is 19.2. The van der Waals surface area contributed by atoms with Gasteiger partial charge < -0.3 is 15.4 Å². The zero-order chi connectivity index (χ0) is 20.6. The van der Waals surface area contributed by atoms with Crippen molar-refractivity contribution in [1.82, 2.24) is 15.2 Å². The van der Waals surface area contributed by atoms with Gasteiger partial charge in [-0.1, -0.05) is 17.7 Å². The monoisotopic (exact) mass is 396 g/mol. The van der Waals surface area contributed by atoms with Crippen molar-refractivity contribution in [2.45, 2.75) is 32.6 Å². The molecule has 1 aliphatic rings. The summed E-state index contributed by atoms with van der Waals surface area (Å²) in [6.07, 6.45) is 2.18. The Morgan fingerprint density at radius 3 is 2.76 bits per heavy atom. The first-order chi connectivity index (χ1) is 14.0. The Kier molecular flexibility index (Phi) is 7.61. The van der Waals surface area contributed by atoms with E-state index < -0.39 is 0 Å². The Hall–Kier alpha value is -2.44. The van der Waals surface area contributed by atoms with Crippen LogP contribution in [0.4, 0.5) is 11.4 Å². The van der Waals surface area contributed by atoms with E-state index in [4.69, 9.17) is 9.72 Å². The van der Waals surface area contributed by atoms with Gasteiger partial charge in [-0.25, -0.2) is 0 Å². The fourth-order valence-corrected chi connectivity index (χ4v) is 3.77. The molecule has 6 nitrogen and oxygen atoms in total. The molecule has 0 spiro atoms. The number of piperidine rings is 1. The maximum atomic E-state index is 12.1. The minimum atomic E-state index is 0.0571. The standard InChI is InChI=1S/C23H32N4O2/c1-17-6-8-20(9-7-17)26-21-13-18(2)25-22(14-21)19-5-4-11-27(15-19)16-23(28)24-10-12-29-3/h6-9,13-14,19H,4-5,10-12,15-16H2,1-3H3,(H,24,28)(H,25,26)/t19-/m1/s1. The molecule has 3 rings (SSSR count). The van der Waals surface area contributed by atoms with Crippen LogP contribution in [0.2, 0.25) is 0 Å². The minimum Gasteiger partial charge on any atom is -0.383 e. The average molecular weight is 397 g/mol. The molecule has 1 aliphatic heterocycles. The molecule has 1 amide bonds. The van der Waals surface area contributed by atoms with Crippen molar-refractivity contribution in [2.24, 2.45) is 0 Å². The summed E-state index contributed by atoms with van der Waals surface area (Å²) < 4.78 is 4.99. The van der Waals surface area contributed by atoms with Gasteiger partial charge in [0.2, 0.25) is 5.91 Å². The third-order valence-electron chi connectivity index (χ3n) is 5.23. The molecular formula is C23H32N4O2. The van der Waals surface area contributed by atoms with Gasteiger partial charge in [-0.3, -0.25) is 14.7 Å². The second-order valence-corrected chi connectivity index (χ2v) is 7.83. The molecule has 156 valence electrons. The molecule has 6 heteroatoms. The number of carbonyl (C=O) groups is 1. The number of methoxy groups -OCH3 is 1. The molecule has 0 aliphatic carbocycles. The lowest BCUT2D eigenvalue weighted by molar-refractivity contribution is -0.122. The predicted molar refractivity (Wildman–Crippen MR) is 117 cm³/mol. The van der Waals surface area contributed by atoms with Crippen molar-refractivity contribution in [3.63, 3.8) is 0 Å². The van der Waals surface area contributed by atoms with Gasteiger partial charge in [0.05, 0.1) is 13.2 Å². The van der Waals surface area contributed by atoms with Crippen LogP contribution in [0.1, 0.15) is 35.7 Å². The van der Waals surface area contributed by atoms with Crippen LogP contribution < -0.4 is 10.6 Å². The maximum Gasteiger partial charge on any atom is 0.234 e. The number of aryl methyl sites for hydroxylation is 2. The smallest absolute Gasteiger partial charge is 0.234 e. The molecule has 2 aromatic rings. The predicted octanol–water partition coefficient (Wildman–Crippen LogP) is 3.38. The summed E-state index contributed by atoms with van der Waals surface area (Å²) in [5.41, 5.74) is 5.49. The highest BCUT2D eigenvalue weighted by Gasteiger charge is 2.24. The van der Waals surface area contributed by atoms with Crippen LogP contribution in [0.3, 0.4) is 0 Å². The summed E-state index contributed by atoms with van der Waals surface area (Å²) in [6.45, 7) is 7.46. The fraction of sp³-hybridized carbons (Fsp3) is 0.478. The van der Waals surface area contributed by atoms with E-state index in [1.165, 1.54) is 5.56 Å². The number of rotatable bonds is 8. The van der Waals surface area contributed by atoms with Crippen molar-refractivity contribution in [1.29, 1.82) is 0 Å². The second kappa shape index (κ2) is 10.4. The number of ether oxygens (including phenoxy) is 1. The van der Waals surface area contributed by atoms with Crippen molar-refractivity contribution < 1.29 is 9.53 Å². The van der Waals surface area contributed by atoms with Crippen LogP contribution >= 0.6 is 0 Å². The van der Waals surface area contributed by atoms with Crippen molar-refractivity contribution in [3.8, 4) is 0 Å². The SMILES string of the molecule is COCCNC(=O)CN1CCC[C@@H](c2cc(Nc3ccc(C)cc3)cc(C)n2)C1. The number of carbonyl (C=O) groups excluding carboxylic acids is 1. The molecule has 0 bridgehead atoms. The number of hydrogen-bond acceptors (Lipinski definition) is 5. The molecule has 1 fully saturated rings. The number of pyridine rings is 1. The molecule has 0 unspecified atom stereocenters. The number of anilines is 2. The molecule has 29 heavy (non-hydrogen) atoms. The van der Waals surface area contributed by atoms with Gasteiger partial charge in [0, 0.05) is 48.9 Å². The number of hydrogen-bond donors (Lipinski definition) is 2. The zero-order valence-electron chi connectivity index (χ0n) is 17.7. The first kappa shape index (κ1) is 21.3. The summed E-state index contributed by atoms with van der Waals surface area (Å²) in [7, 11) is 1.64. The van der Waals surface area contributed by atoms with Gasteiger partial charge in [-0.2, -0.15) is 0 Å². The number of nitrogens with zero attached hydrogens (tertiary/aromatic N) is 2. The van der Waals surface area contributed by atoms with E-state index in [-0.39, 0.29) is 5.91 Å². The third kappa shape index (κ3) is 6.54. The van der Waals surface area contributed by atoms with Gasteiger partial charge in [0.15, 0.2) is 0 Å². The molecule has 2 N–H and O–H groups in total. The van der Waals surface area contributed by atoms with Crippen LogP contribution in [-0.2, 0) is 9.53 Å². The summed E-state index contributed by atoms with van der Waals surface area (Å²) in [6, 6.07) is 12.6. The van der Waals surface area contributed by atoms with Gasteiger partial charge >= 0.3 is 0 Å². The van der Waals surface area contributed by atoms with E-state index in [0.717, 1.165) is 48.7 Å². The van der Waals surface area contributed by atoms with E-state index in [1.807, 2.05) is 6.92 Å². The molecule has 2 heterocycles. The molecule has 1 aromatic heterocycles. The summed E-state index contributed by atoms with van der Waals surface area (Å²) >= 11 is 0. The third-order valence-corrected chi connectivity index (χ3v) is 5.23. The number of benzene rings is 1. The zero-order valence-corrected chi connectivity index (χ0v) is 17.7. The van der Waals surface area contributed by atoms with Crippen LogP contribution in [0.5, 0.6) is 0 Å². The summed E-state index contributed by atoms with van der Waals surface area (Å²) in [5, 5.41) is 6.40. The minimum absolute atomic E-state index is 0.0571. The largest absolute Gasteiger partial charge is 0.383 e. The van der Waals surface area contributed by atoms with Crippen molar-refractivity contribution >= 4 is 17.3 Å². The molecule has 1 saturated heterocycles. The number of aromatic nitrogens is 1. The lowest BCUT2D eigenvalue weighted by Gasteiger charge is -2.32. The Morgan fingerprint density at radius 1 is 1.21 bits per heavy atom. The summed E-state index contributed by atoms with van der Waals surface area (Å²) in [5.74, 6) is 0.399. The van der Waals surface area contributed by atoms with Gasteiger partial charge in [0.1, 0.15) is 0 Å². The van der Waals surface area contributed by atoms with Gasteiger partial charge in [0.25, 0.3) is 0 Å². The molecular weight excluding hydrogens is 364 g/mol. The van der Waals surface area contributed by atoms with Gasteiger partial charge in [-0.05, 0) is 57.5 Å². The highest BCUT2D eigenvalue weighted by atomic mass is 16.5. The Morgan fingerprint density at radius 2 is 2.00 bits per heavy atom. The second-order valence-electron chi connectivity index (χ2n) is 7.83. The van der Waals surface area contributed by atoms with E-state index >= 15 is 0 Å². The fourth-order valence-electron chi connectivity index (χ4n) is 3.77. The van der Waals surface area contributed by atoms with Crippen LogP contribution in [-0.4, -0.2) is 55.7 Å². The van der Waals surface area contributed by atoms with E-state index in [9.17, 15) is 4.79 Å². The van der Waals surface area contributed by atoms with Crippen LogP contribution in [0.15, 0.2) is 36.4 Å². The Labute approximate surface area is 173 Å². The first-order valence-corrected chi connectivity index (χ1v) is 10.3. The maximum absolute atomic E-state index is 12.1.